The zero-order chi connectivity index (χ0) is 31.4. The van der Waals surface area contributed by atoms with Crippen molar-refractivity contribution in [2.75, 3.05) is 12.4 Å². The molecule has 0 saturated heterocycles. The number of aryl methyl sites for hydroxylation is 1. The number of hydrogen-bond acceptors (Lipinski definition) is 10. The molecule has 1 aliphatic carbocycles. The third-order valence-corrected chi connectivity index (χ3v) is 7.60. The van der Waals surface area contributed by atoms with Crippen molar-refractivity contribution < 1.29 is 37.7 Å². The second-order valence-corrected chi connectivity index (χ2v) is 11.2. The molecule has 0 aliphatic heterocycles. The lowest BCUT2D eigenvalue weighted by atomic mass is 9.71. The van der Waals surface area contributed by atoms with Crippen LogP contribution in [0.15, 0.2) is 48.8 Å². The molecular formula is C31H36F2N4O6. The monoisotopic (exact) mass is 598 g/mol. The van der Waals surface area contributed by atoms with E-state index in [4.69, 9.17) is 14.2 Å². The molecule has 0 aromatic carbocycles. The largest absolute Gasteiger partial charge is 0.509 e. The number of nitrogens with one attached hydrogen (secondary N) is 1. The normalized spacial score (nSPS) is 19.9. The Morgan fingerprint density at radius 3 is 2.42 bits per heavy atom. The van der Waals surface area contributed by atoms with E-state index >= 15 is 0 Å². The molecule has 0 bridgehead atoms. The van der Waals surface area contributed by atoms with Crippen LogP contribution in [0.1, 0.15) is 69.7 Å². The molecule has 1 fully saturated rings. The zero-order valence-electron chi connectivity index (χ0n) is 24.8. The molecule has 0 spiro atoms. The molecule has 1 saturated carbocycles. The van der Waals surface area contributed by atoms with Crippen LogP contribution < -0.4 is 5.32 Å². The maximum absolute atomic E-state index is 13.1. The molecule has 1 aliphatic rings. The number of nitrogens with zero attached hydrogens (tertiary/aromatic N) is 3. The number of ether oxygens (including phenoxy) is 3. The van der Waals surface area contributed by atoms with Gasteiger partial charge in [0.25, 0.3) is 6.43 Å². The quantitative estimate of drug-likeness (QED) is 0.267. The van der Waals surface area contributed by atoms with Crippen molar-refractivity contribution in [2.24, 2.45) is 5.92 Å². The van der Waals surface area contributed by atoms with Gasteiger partial charge in [0.05, 0.1) is 24.6 Å². The minimum absolute atomic E-state index is 0.146. The van der Waals surface area contributed by atoms with Crippen LogP contribution in [-0.4, -0.2) is 51.0 Å². The van der Waals surface area contributed by atoms with Crippen molar-refractivity contribution in [3.8, 4) is 11.3 Å². The van der Waals surface area contributed by atoms with Crippen LogP contribution in [0.5, 0.6) is 0 Å². The summed E-state index contributed by atoms with van der Waals surface area (Å²) in [5, 5.41) is 14.5. The summed E-state index contributed by atoms with van der Waals surface area (Å²) in [5.74, 6) is -0.262. The second-order valence-electron chi connectivity index (χ2n) is 11.2. The van der Waals surface area contributed by atoms with E-state index in [1.165, 1.54) is 25.4 Å². The highest BCUT2D eigenvalue weighted by Crippen LogP contribution is 2.44. The average Bonchev–Trinajstić information content (AvgIpc) is 2.96. The first-order chi connectivity index (χ1) is 20.3. The van der Waals surface area contributed by atoms with Crippen LogP contribution in [0.3, 0.4) is 0 Å². The van der Waals surface area contributed by atoms with Crippen LogP contribution in [0.2, 0.25) is 0 Å². The highest BCUT2D eigenvalue weighted by atomic mass is 19.3. The summed E-state index contributed by atoms with van der Waals surface area (Å²) < 4.78 is 41.7. The van der Waals surface area contributed by atoms with Crippen LogP contribution >= 0.6 is 0 Å². The van der Waals surface area contributed by atoms with Gasteiger partial charge in [-0.3, -0.25) is 4.98 Å². The molecule has 3 heterocycles. The van der Waals surface area contributed by atoms with Crippen LogP contribution in [-0.2, 0) is 24.6 Å². The van der Waals surface area contributed by atoms with Gasteiger partial charge in [-0.15, -0.1) is 0 Å². The first kappa shape index (κ1) is 31.7. The number of aromatic nitrogens is 3. The van der Waals surface area contributed by atoms with E-state index in [2.05, 4.69) is 20.3 Å². The molecule has 0 radical (unpaired) electrons. The van der Waals surface area contributed by atoms with Crippen molar-refractivity contribution in [2.45, 2.75) is 77.1 Å². The van der Waals surface area contributed by atoms with Gasteiger partial charge in [-0.1, -0.05) is 0 Å². The molecule has 43 heavy (non-hydrogen) atoms. The number of hydrogen-bond donors (Lipinski definition) is 2. The molecule has 0 amide bonds. The summed E-state index contributed by atoms with van der Waals surface area (Å²) in [4.78, 5) is 38.1. The number of carbonyl (C=O) groups excluding carboxylic acids is 2. The van der Waals surface area contributed by atoms with Gasteiger partial charge in [0.15, 0.2) is 0 Å². The number of halogens is 2. The van der Waals surface area contributed by atoms with Crippen LogP contribution in [0.4, 0.5) is 25.2 Å². The lowest BCUT2D eigenvalue weighted by Crippen LogP contribution is -2.49. The van der Waals surface area contributed by atoms with E-state index in [0.29, 0.717) is 35.6 Å². The summed E-state index contributed by atoms with van der Waals surface area (Å²) >= 11 is 0. The van der Waals surface area contributed by atoms with E-state index < -0.39 is 35.9 Å². The van der Waals surface area contributed by atoms with Crippen molar-refractivity contribution in [1.82, 2.24) is 15.0 Å². The lowest BCUT2D eigenvalue weighted by molar-refractivity contribution is -0.173. The van der Waals surface area contributed by atoms with Gasteiger partial charge in [0, 0.05) is 23.5 Å². The molecule has 1 atom stereocenters. The van der Waals surface area contributed by atoms with Gasteiger partial charge in [-0.25, -0.2) is 28.3 Å². The predicted molar refractivity (Wildman–Crippen MR) is 154 cm³/mol. The first-order valence-corrected chi connectivity index (χ1v) is 14.0. The van der Waals surface area contributed by atoms with E-state index in [0.717, 1.165) is 5.56 Å². The summed E-state index contributed by atoms with van der Waals surface area (Å²) in [7, 11) is 1.23. The summed E-state index contributed by atoms with van der Waals surface area (Å²) in [6.45, 7) is 6.92. The smallest absolute Gasteiger partial charge is 0.466 e. The Bertz CT molecular complexity index is 1440. The Morgan fingerprint density at radius 2 is 1.81 bits per heavy atom. The number of anilines is 2. The molecule has 12 heteroatoms. The van der Waals surface area contributed by atoms with Crippen molar-refractivity contribution in [3.05, 3.63) is 65.6 Å². The number of esters is 1. The molecule has 1 unspecified atom stereocenters. The molecule has 230 valence electrons. The number of rotatable bonds is 9. The minimum Gasteiger partial charge on any atom is -0.466 e. The minimum atomic E-state index is -2.61. The van der Waals surface area contributed by atoms with E-state index in [9.17, 15) is 23.5 Å². The summed E-state index contributed by atoms with van der Waals surface area (Å²) in [6.07, 6.45) is 0.0101. The topological polar surface area (TPSA) is 133 Å². The Balaban J connectivity index is 1.48. The maximum Gasteiger partial charge on any atom is 0.509 e. The third-order valence-electron chi connectivity index (χ3n) is 7.60. The lowest BCUT2D eigenvalue weighted by Gasteiger charge is -2.41. The van der Waals surface area contributed by atoms with Gasteiger partial charge in [0.2, 0.25) is 5.60 Å². The van der Waals surface area contributed by atoms with E-state index in [1.807, 2.05) is 13.0 Å². The van der Waals surface area contributed by atoms with E-state index in [1.54, 1.807) is 45.2 Å². The van der Waals surface area contributed by atoms with Gasteiger partial charge >= 0.3 is 12.1 Å². The molecule has 2 N–H and O–H groups in total. The van der Waals surface area contributed by atoms with Crippen molar-refractivity contribution in [1.29, 1.82) is 0 Å². The summed E-state index contributed by atoms with van der Waals surface area (Å²) in [6, 6.07) is 9.69. The average molecular weight is 599 g/mol. The standard InChI is InChI=1S/C31H36F2N4O6/c1-18(2)42-29(39)43-31(28(38)41-5)11-8-22(9-12-31)30(4,40)24-7-6-21(17-35-24)23-14-19(3)15-26(36-23)37-25-16-20(27(32)33)10-13-34-25/h6-7,10,13-18,22,27,40H,8-9,11-12H2,1-5H3,(H,34,36,37). The van der Waals surface area contributed by atoms with Crippen molar-refractivity contribution >= 4 is 23.8 Å². The third kappa shape index (κ3) is 7.42. The highest BCUT2D eigenvalue weighted by molar-refractivity contribution is 5.82. The van der Waals surface area contributed by atoms with Gasteiger partial charge in [-0.05, 0) is 101 Å². The molecule has 10 nitrogen and oxygen atoms in total. The maximum atomic E-state index is 13.1. The fraction of sp³-hybridized carbons (Fsp3) is 0.452. The fourth-order valence-electron chi connectivity index (χ4n) is 5.27. The molecular weight excluding hydrogens is 562 g/mol. The molecule has 4 rings (SSSR count). The van der Waals surface area contributed by atoms with Gasteiger partial charge < -0.3 is 24.6 Å². The fourth-order valence-corrected chi connectivity index (χ4v) is 5.27. The molecule has 3 aromatic rings. The van der Waals surface area contributed by atoms with Crippen LogP contribution in [0, 0.1) is 12.8 Å². The number of pyridine rings is 3. The second kappa shape index (κ2) is 13.0. The molecule has 3 aromatic heterocycles. The number of methoxy groups -OCH3 is 1. The highest BCUT2D eigenvalue weighted by Gasteiger charge is 2.50. The zero-order valence-corrected chi connectivity index (χ0v) is 24.8. The first-order valence-electron chi connectivity index (χ1n) is 14.0. The number of aliphatic hydroxyl groups is 1. The predicted octanol–water partition coefficient (Wildman–Crippen LogP) is 6.40. The Morgan fingerprint density at radius 1 is 1.09 bits per heavy atom. The van der Waals surface area contributed by atoms with Gasteiger partial charge in [0.1, 0.15) is 17.2 Å². The summed E-state index contributed by atoms with van der Waals surface area (Å²) in [5.41, 5.74) is -0.373. The number of carbonyl (C=O) groups is 2. The Hall–Kier alpha value is -4.19. The Labute approximate surface area is 248 Å². The van der Waals surface area contributed by atoms with Crippen LogP contribution in [0.25, 0.3) is 11.3 Å². The SMILES string of the molecule is COC(=O)C1(OC(=O)OC(C)C)CCC(C(C)(O)c2ccc(-c3cc(C)cc(Nc4cc(C(F)F)ccn4)n3)cn2)CC1. The number of alkyl halides is 2. The Kier molecular flexibility index (Phi) is 9.59. The van der Waals surface area contributed by atoms with Crippen molar-refractivity contribution in [3.63, 3.8) is 0 Å². The van der Waals surface area contributed by atoms with Gasteiger partial charge in [-0.2, -0.15) is 0 Å². The van der Waals surface area contributed by atoms with E-state index in [-0.39, 0.29) is 30.1 Å².